The van der Waals surface area contributed by atoms with Gasteiger partial charge in [0.05, 0.1) is 6.54 Å². The van der Waals surface area contributed by atoms with E-state index in [4.69, 9.17) is 0 Å². The molecule has 0 aliphatic rings. The molecule has 2 N–H and O–H groups in total. The number of nitrogens with one attached hydrogen (secondary N) is 1. The molecule has 3 heteroatoms. The van der Waals surface area contributed by atoms with Gasteiger partial charge in [0.15, 0.2) is 0 Å². The maximum absolute atomic E-state index is 9.59. The van der Waals surface area contributed by atoms with E-state index in [1.807, 2.05) is 18.2 Å². The molecule has 21 heavy (non-hydrogen) atoms. The minimum Gasteiger partial charge on any atom is -0.507 e. The van der Waals surface area contributed by atoms with Crippen molar-refractivity contribution in [3.63, 3.8) is 0 Å². The number of nitrogens with zero attached hydrogens (tertiary/aromatic N) is 1. The van der Waals surface area contributed by atoms with E-state index in [1.165, 1.54) is 5.56 Å². The summed E-state index contributed by atoms with van der Waals surface area (Å²) in [5, 5.41) is 12.9. The van der Waals surface area contributed by atoms with Crippen molar-refractivity contribution in [1.82, 2.24) is 5.32 Å². The van der Waals surface area contributed by atoms with Crippen LogP contribution in [0, 0.1) is 0 Å². The van der Waals surface area contributed by atoms with Gasteiger partial charge in [0.25, 0.3) is 0 Å². The number of aromatic hydroxyl groups is 1. The molecular weight excluding hydrogens is 260 g/mol. The first kappa shape index (κ1) is 15.0. The summed E-state index contributed by atoms with van der Waals surface area (Å²) in [5.41, 5.74) is 3.12. The number of rotatable bonds is 7. The molecule has 0 spiro atoms. The molecule has 2 aromatic rings. The van der Waals surface area contributed by atoms with Gasteiger partial charge >= 0.3 is 0 Å². The third-order valence-electron chi connectivity index (χ3n) is 3.13. The summed E-state index contributed by atoms with van der Waals surface area (Å²) in [6, 6.07) is 15.5. The summed E-state index contributed by atoms with van der Waals surface area (Å²) >= 11 is 0. The van der Waals surface area contributed by atoms with E-state index >= 15 is 0 Å². The fraction of sp³-hybridized carbons (Fsp3) is 0.167. The van der Waals surface area contributed by atoms with Gasteiger partial charge in [0.2, 0.25) is 0 Å². The fourth-order valence-electron chi connectivity index (χ4n) is 1.91. The average molecular weight is 280 g/mol. The maximum Gasteiger partial charge on any atom is 0.124 e. The van der Waals surface area contributed by atoms with Crippen LogP contribution in [0.2, 0.25) is 0 Å². The highest BCUT2D eigenvalue weighted by Crippen LogP contribution is 2.12. The molecule has 0 fully saturated rings. The molecule has 108 valence electrons. The minimum atomic E-state index is 0.261. The van der Waals surface area contributed by atoms with Crippen LogP contribution in [0.4, 0.5) is 0 Å². The lowest BCUT2D eigenvalue weighted by atomic mass is 10.1. The Bertz CT molecular complexity index is 603. The lowest BCUT2D eigenvalue weighted by molar-refractivity contribution is 0.474. The highest BCUT2D eigenvalue weighted by Gasteiger charge is 1.94. The Morgan fingerprint density at radius 3 is 2.57 bits per heavy atom. The molecule has 0 heterocycles. The van der Waals surface area contributed by atoms with Crippen LogP contribution in [0.15, 0.2) is 60.1 Å². The Hall–Kier alpha value is -2.39. The van der Waals surface area contributed by atoms with E-state index in [9.17, 15) is 5.11 Å². The zero-order chi connectivity index (χ0) is 14.9. The normalized spacial score (nSPS) is 10.9. The summed E-state index contributed by atoms with van der Waals surface area (Å²) in [4.78, 5) is 4.30. The third-order valence-corrected chi connectivity index (χ3v) is 3.13. The lowest BCUT2D eigenvalue weighted by Gasteiger charge is -2.03. The molecule has 0 saturated carbocycles. The van der Waals surface area contributed by atoms with E-state index in [2.05, 4.69) is 41.2 Å². The minimum absolute atomic E-state index is 0.261. The Morgan fingerprint density at radius 2 is 1.86 bits per heavy atom. The number of benzene rings is 2. The summed E-state index contributed by atoms with van der Waals surface area (Å²) in [7, 11) is 0. The van der Waals surface area contributed by atoms with Crippen LogP contribution in [0.5, 0.6) is 5.75 Å². The van der Waals surface area contributed by atoms with Gasteiger partial charge in [-0.2, -0.15) is 0 Å². The molecule has 0 aliphatic carbocycles. The molecule has 0 unspecified atom stereocenters. The van der Waals surface area contributed by atoms with Gasteiger partial charge in [-0.1, -0.05) is 49.1 Å². The van der Waals surface area contributed by atoms with Crippen LogP contribution in [-0.2, 0) is 6.54 Å². The van der Waals surface area contributed by atoms with Crippen LogP contribution in [0.25, 0.3) is 6.08 Å². The molecule has 2 rings (SSSR count). The Labute approximate surface area is 125 Å². The maximum atomic E-state index is 9.59. The van der Waals surface area contributed by atoms with E-state index < -0.39 is 0 Å². The second kappa shape index (κ2) is 8.02. The predicted octanol–water partition coefficient (Wildman–Crippen LogP) is 3.24. The van der Waals surface area contributed by atoms with Crippen molar-refractivity contribution in [2.75, 3.05) is 13.1 Å². The van der Waals surface area contributed by atoms with Crippen LogP contribution in [-0.4, -0.2) is 24.4 Å². The van der Waals surface area contributed by atoms with Crippen LogP contribution in [0.1, 0.15) is 16.7 Å². The van der Waals surface area contributed by atoms with E-state index in [0.29, 0.717) is 6.54 Å². The molecule has 0 aliphatic heterocycles. The van der Waals surface area contributed by atoms with Gasteiger partial charge in [-0.05, 0) is 23.3 Å². The van der Waals surface area contributed by atoms with E-state index in [1.54, 1.807) is 18.3 Å². The number of phenols is 1. The standard InChI is InChI=1S/C18H20N2O/c1-2-15-7-9-16(10-8-15)13-19-11-12-20-14-17-5-3-4-6-18(17)21/h2-10,14,19,21H,1,11-13H2. The summed E-state index contributed by atoms with van der Waals surface area (Å²) in [6.07, 6.45) is 3.54. The van der Waals surface area contributed by atoms with Crippen LogP contribution in [0.3, 0.4) is 0 Å². The summed E-state index contributed by atoms with van der Waals surface area (Å²) < 4.78 is 0. The summed E-state index contributed by atoms with van der Waals surface area (Å²) in [6.45, 7) is 6.04. The van der Waals surface area contributed by atoms with Gasteiger partial charge in [-0.3, -0.25) is 4.99 Å². The highest BCUT2D eigenvalue weighted by atomic mass is 16.3. The second-order valence-corrected chi connectivity index (χ2v) is 4.72. The quantitative estimate of drug-likeness (QED) is 0.604. The molecule has 2 aromatic carbocycles. The van der Waals surface area contributed by atoms with Crippen LogP contribution < -0.4 is 5.32 Å². The number of para-hydroxylation sites is 1. The second-order valence-electron chi connectivity index (χ2n) is 4.72. The zero-order valence-corrected chi connectivity index (χ0v) is 12.0. The average Bonchev–Trinajstić information content (AvgIpc) is 2.53. The van der Waals surface area contributed by atoms with Crippen molar-refractivity contribution in [3.8, 4) is 5.75 Å². The van der Waals surface area contributed by atoms with Crippen molar-refractivity contribution in [1.29, 1.82) is 0 Å². The molecule has 0 radical (unpaired) electrons. The SMILES string of the molecule is C=Cc1ccc(CNCCN=Cc2ccccc2O)cc1. The van der Waals surface area contributed by atoms with Gasteiger partial charge in [-0.15, -0.1) is 0 Å². The lowest BCUT2D eigenvalue weighted by Crippen LogP contribution is -2.17. The monoisotopic (exact) mass is 280 g/mol. The van der Waals surface area contributed by atoms with E-state index in [-0.39, 0.29) is 5.75 Å². The number of hydrogen-bond acceptors (Lipinski definition) is 3. The first-order valence-electron chi connectivity index (χ1n) is 6.99. The summed E-state index contributed by atoms with van der Waals surface area (Å²) in [5.74, 6) is 0.261. The van der Waals surface area contributed by atoms with Gasteiger partial charge < -0.3 is 10.4 Å². The molecule has 0 saturated heterocycles. The van der Waals surface area contributed by atoms with Crippen molar-refractivity contribution in [2.24, 2.45) is 4.99 Å². The zero-order valence-electron chi connectivity index (χ0n) is 12.0. The number of hydrogen-bond donors (Lipinski definition) is 2. The van der Waals surface area contributed by atoms with Gasteiger partial charge in [0, 0.05) is 24.9 Å². The molecule has 3 nitrogen and oxygen atoms in total. The third kappa shape index (κ3) is 4.89. The first-order chi connectivity index (χ1) is 10.3. The smallest absolute Gasteiger partial charge is 0.124 e. The van der Waals surface area contributed by atoms with Gasteiger partial charge in [-0.25, -0.2) is 0 Å². The van der Waals surface area contributed by atoms with Gasteiger partial charge in [0.1, 0.15) is 5.75 Å². The number of aliphatic imine (C=N–C) groups is 1. The Kier molecular flexibility index (Phi) is 5.73. The molecule has 0 amide bonds. The fourth-order valence-corrected chi connectivity index (χ4v) is 1.91. The highest BCUT2D eigenvalue weighted by molar-refractivity contribution is 5.83. The predicted molar refractivity (Wildman–Crippen MR) is 88.8 cm³/mol. The molecule has 0 bridgehead atoms. The largest absolute Gasteiger partial charge is 0.507 e. The van der Waals surface area contributed by atoms with Crippen molar-refractivity contribution < 1.29 is 5.11 Å². The number of phenolic OH excluding ortho intramolecular Hbond substituents is 1. The van der Waals surface area contributed by atoms with Crippen molar-refractivity contribution in [3.05, 3.63) is 71.8 Å². The van der Waals surface area contributed by atoms with E-state index in [0.717, 1.165) is 24.2 Å². The van der Waals surface area contributed by atoms with Crippen LogP contribution >= 0.6 is 0 Å². The van der Waals surface area contributed by atoms with Crippen molar-refractivity contribution in [2.45, 2.75) is 6.54 Å². The molecule has 0 atom stereocenters. The topological polar surface area (TPSA) is 44.6 Å². The van der Waals surface area contributed by atoms with Crippen molar-refractivity contribution >= 4 is 12.3 Å². The Morgan fingerprint density at radius 1 is 1.10 bits per heavy atom. The molecule has 0 aromatic heterocycles. The molecular formula is C18H20N2O. The Balaban J connectivity index is 1.70. The first-order valence-corrected chi connectivity index (χ1v) is 6.99.